The summed E-state index contributed by atoms with van der Waals surface area (Å²) in [5, 5.41) is 25.7. The van der Waals surface area contributed by atoms with E-state index in [4.69, 9.17) is 4.74 Å². The lowest BCUT2D eigenvalue weighted by Gasteiger charge is -2.25. The van der Waals surface area contributed by atoms with E-state index in [-0.39, 0.29) is 12.2 Å². The number of rotatable bonds is 0. The second-order valence-electron chi connectivity index (χ2n) is 6.99. The minimum Gasteiger partial charge on any atom is -0.387 e. The predicted octanol–water partition coefficient (Wildman–Crippen LogP) is 2.94. The quantitative estimate of drug-likeness (QED) is 0.496. The summed E-state index contributed by atoms with van der Waals surface area (Å²) < 4.78 is 5.68. The Morgan fingerprint density at radius 2 is 1.91 bits per heavy atom. The molecule has 1 saturated heterocycles. The van der Waals surface area contributed by atoms with Crippen molar-refractivity contribution in [1.82, 2.24) is 0 Å². The third kappa shape index (κ3) is 1.41. The van der Waals surface area contributed by atoms with Gasteiger partial charge in [0, 0.05) is 0 Å². The van der Waals surface area contributed by atoms with Gasteiger partial charge in [-0.15, -0.1) is 0 Å². The van der Waals surface area contributed by atoms with Crippen LogP contribution >= 0.6 is 0 Å². The summed E-state index contributed by atoms with van der Waals surface area (Å²) in [4.78, 5) is 0. The molecule has 0 bridgehead atoms. The van der Waals surface area contributed by atoms with Gasteiger partial charge < -0.3 is 14.9 Å². The number of aliphatic hydroxyl groups is 2. The molecule has 1 heterocycles. The third-order valence-electron chi connectivity index (χ3n) is 5.86. The van der Waals surface area contributed by atoms with Gasteiger partial charge in [0.25, 0.3) is 0 Å². The minimum absolute atomic E-state index is 0.0682. The topological polar surface area (TPSA) is 53.0 Å². The molecule has 114 valence electrons. The van der Waals surface area contributed by atoms with Crippen LogP contribution in [-0.2, 0) is 17.6 Å². The van der Waals surface area contributed by atoms with Gasteiger partial charge in [-0.3, -0.25) is 0 Å². The highest BCUT2D eigenvalue weighted by molar-refractivity contribution is 6.06. The van der Waals surface area contributed by atoms with E-state index >= 15 is 0 Å². The number of epoxide rings is 1. The van der Waals surface area contributed by atoms with Crippen molar-refractivity contribution in [1.29, 1.82) is 0 Å². The van der Waals surface area contributed by atoms with Crippen LogP contribution in [0.3, 0.4) is 0 Å². The lowest BCUT2D eigenvalue weighted by atomic mass is 9.83. The van der Waals surface area contributed by atoms with Crippen LogP contribution in [0.4, 0.5) is 0 Å². The molecular formula is C20H16O3. The van der Waals surface area contributed by atoms with E-state index in [0.717, 1.165) is 24.0 Å². The molecule has 1 fully saturated rings. The molecule has 0 aromatic heterocycles. The molecule has 3 nitrogen and oxygen atoms in total. The summed E-state index contributed by atoms with van der Waals surface area (Å²) in [7, 11) is 0. The van der Waals surface area contributed by atoms with Gasteiger partial charge in [-0.2, -0.15) is 0 Å². The summed E-state index contributed by atoms with van der Waals surface area (Å²) >= 11 is 0. The average molecular weight is 304 g/mol. The maximum Gasteiger partial charge on any atom is 0.118 e. The molecule has 3 heteroatoms. The Morgan fingerprint density at radius 1 is 1.00 bits per heavy atom. The summed E-state index contributed by atoms with van der Waals surface area (Å²) in [5.74, 6) is 0. The first-order valence-corrected chi connectivity index (χ1v) is 8.25. The minimum atomic E-state index is -0.853. The van der Waals surface area contributed by atoms with Gasteiger partial charge in [0.2, 0.25) is 0 Å². The van der Waals surface area contributed by atoms with Crippen LogP contribution in [0.25, 0.3) is 21.5 Å². The van der Waals surface area contributed by atoms with E-state index in [0.29, 0.717) is 0 Å². The predicted molar refractivity (Wildman–Crippen MR) is 87.4 cm³/mol. The fourth-order valence-electron chi connectivity index (χ4n) is 4.75. The molecule has 6 rings (SSSR count). The van der Waals surface area contributed by atoms with Crippen molar-refractivity contribution >= 4 is 21.5 Å². The van der Waals surface area contributed by atoms with Crippen LogP contribution in [0.5, 0.6) is 0 Å². The van der Waals surface area contributed by atoms with Crippen molar-refractivity contribution in [3.63, 3.8) is 0 Å². The third-order valence-corrected chi connectivity index (χ3v) is 5.86. The molecule has 2 N–H and O–H groups in total. The van der Waals surface area contributed by atoms with E-state index in [1.165, 1.54) is 32.7 Å². The van der Waals surface area contributed by atoms with Gasteiger partial charge in [0.1, 0.15) is 24.4 Å². The van der Waals surface area contributed by atoms with Gasteiger partial charge in [-0.25, -0.2) is 0 Å². The van der Waals surface area contributed by atoms with Crippen LogP contribution in [0.1, 0.15) is 34.5 Å². The fourth-order valence-corrected chi connectivity index (χ4v) is 4.75. The van der Waals surface area contributed by atoms with Crippen molar-refractivity contribution in [2.24, 2.45) is 0 Å². The molecule has 0 amide bonds. The number of ether oxygens (including phenoxy) is 1. The van der Waals surface area contributed by atoms with Gasteiger partial charge >= 0.3 is 0 Å². The van der Waals surface area contributed by atoms with E-state index in [2.05, 4.69) is 30.3 Å². The zero-order chi connectivity index (χ0) is 15.3. The first kappa shape index (κ1) is 12.5. The summed E-state index contributed by atoms with van der Waals surface area (Å²) in [6, 6.07) is 12.9. The second-order valence-corrected chi connectivity index (χ2v) is 6.99. The molecule has 0 spiro atoms. The van der Waals surface area contributed by atoms with Gasteiger partial charge in [-0.1, -0.05) is 30.3 Å². The Labute approximate surface area is 133 Å². The molecule has 0 saturated carbocycles. The van der Waals surface area contributed by atoms with Crippen molar-refractivity contribution < 1.29 is 14.9 Å². The first-order chi connectivity index (χ1) is 11.2. The fraction of sp³-hybridized carbons (Fsp3) is 0.300. The average Bonchev–Trinajstić information content (AvgIpc) is 3.25. The van der Waals surface area contributed by atoms with E-state index in [1.54, 1.807) is 0 Å². The number of hydrogen-bond donors (Lipinski definition) is 2. The number of aliphatic hydroxyl groups excluding tert-OH is 2. The van der Waals surface area contributed by atoms with Crippen LogP contribution in [-0.4, -0.2) is 22.4 Å². The van der Waals surface area contributed by atoms with Gasteiger partial charge in [0.15, 0.2) is 0 Å². The van der Waals surface area contributed by atoms with Gasteiger partial charge in [-0.05, 0) is 62.7 Å². The zero-order valence-corrected chi connectivity index (χ0v) is 12.5. The van der Waals surface area contributed by atoms with Gasteiger partial charge in [0.05, 0.1) is 0 Å². The Hall–Kier alpha value is -1.94. The van der Waals surface area contributed by atoms with Crippen molar-refractivity contribution in [2.75, 3.05) is 0 Å². The van der Waals surface area contributed by atoms with Crippen molar-refractivity contribution in [3.05, 3.63) is 58.7 Å². The largest absolute Gasteiger partial charge is 0.387 e. The molecule has 3 aromatic carbocycles. The molecule has 0 radical (unpaired) electrons. The molecule has 1 aliphatic heterocycles. The van der Waals surface area contributed by atoms with E-state index < -0.39 is 12.2 Å². The molecule has 3 aliphatic rings. The number of aryl methyl sites for hydroxylation is 2. The standard InChI is InChI=1S/C20H16O3/c21-17-13-7-6-11-12-5-4-9-2-1-3-10(15(9)12)8-14(11)16(13)19-20(23-19)18(17)22/h1-3,6-8,17-22H,4-5H2/t17-,18?,19+,20-/m1/s1. The summed E-state index contributed by atoms with van der Waals surface area (Å²) in [5.41, 5.74) is 4.77. The second kappa shape index (κ2) is 3.93. The van der Waals surface area contributed by atoms with Crippen LogP contribution in [0.15, 0.2) is 36.4 Å². The summed E-state index contributed by atoms with van der Waals surface area (Å²) in [6.45, 7) is 0. The highest BCUT2D eigenvalue weighted by Crippen LogP contribution is 2.53. The highest BCUT2D eigenvalue weighted by Gasteiger charge is 2.54. The molecular weight excluding hydrogens is 288 g/mol. The van der Waals surface area contributed by atoms with E-state index in [1.807, 2.05) is 6.07 Å². The lowest BCUT2D eigenvalue weighted by molar-refractivity contribution is 0.000105. The first-order valence-electron chi connectivity index (χ1n) is 8.25. The zero-order valence-electron chi connectivity index (χ0n) is 12.5. The number of benzene rings is 3. The maximum absolute atomic E-state index is 10.4. The molecule has 3 aromatic rings. The number of hydrogen-bond acceptors (Lipinski definition) is 3. The van der Waals surface area contributed by atoms with Crippen molar-refractivity contribution in [3.8, 4) is 0 Å². The van der Waals surface area contributed by atoms with Crippen LogP contribution in [0.2, 0.25) is 0 Å². The monoisotopic (exact) mass is 304 g/mol. The van der Waals surface area contributed by atoms with E-state index in [9.17, 15) is 10.2 Å². The van der Waals surface area contributed by atoms with Crippen LogP contribution in [0, 0.1) is 0 Å². The number of fused-ring (bicyclic) bond motifs is 6. The highest BCUT2D eigenvalue weighted by atomic mass is 16.6. The Balaban J connectivity index is 1.77. The smallest absolute Gasteiger partial charge is 0.118 e. The molecule has 1 unspecified atom stereocenters. The molecule has 2 aliphatic carbocycles. The van der Waals surface area contributed by atoms with Crippen LogP contribution < -0.4 is 0 Å². The Kier molecular flexibility index (Phi) is 2.13. The Bertz CT molecular complexity index is 1010. The van der Waals surface area contributed by atoms with Crippen molar-refractivity contribution in [2.45, 2.75) is 37.3 Å². The lowest BCUT2D eigenvalue weighted by Crippen LogP contribution is -2.29. The Morgan fingerprint density at radius 3 is 2.83 bits per heavy atom. The molecule has 4 atom stereocenters. The normalized spacial score (nSPS) is 30.5. The molecule has 23 heavy (non-hydrogen) atoms. The SMILES string of the molecule is OC1[C@H](O)c2ccc3c4c5c(cccc5cc3c2[C@@H]2O[C@H]12)CC4. The maximum atomic E-state index is 10.4. The summed E-state index contributed by atoms with van der Waals surface area (Å²) in [6.07, 6.45) is 0.194.